The van der Waals surface area contributed by atoms with Crippen molar-refractivity contribution in [1.29, 1.82) is 0 Å². The standard InChI is InChI=1S/C21H19NO3S/c1-14-12-13-26-19(14)21(24)25-15(2)20(23)22-18-11-7-6-10-17(18)16-8-4-3-5-9-16/h3-13,15H,1-2H3,(H,22,23)/t15-/m1/s1. The fraction of sp³-hybridized carbons (Fsp3) is 0.143. The van der Waals surface area contributed by atoms with Crippen molar-refractivity contribution in [2.24, 2.45) is 0 Å². The molecule has 0 unspecified atom stereocenters. The van der Waals surface area contributed by atoms with Gasteiger partial charge in [0.25, 0.3) is 5.91 Å². The van der Waals surface area contributed by atoms with Gasteiger partial charge in [0.05, 0.1) is 0 Å². The number of benzene rings is 2. The van der Waals surface area contributed by atoms with Crippen molar-refractivity contribution in [1.82, 2.24) is 0 Å². The molecule has 4 nitrogen and oxygen atoms in total. The fourth-order valence-corrected chi connectivity index (χ4v) is 3.35. The maximum Gasteiger partial charge on any atom is 0.349 e. The second-order valence-corrected chi connectivity index (χ2v) is 6.80. The lowest BCUT2D eigenvalue weighted by Gasteiger charge is -2.15. The molecule has 132 valence electrons. The minimum Gasteiger partial charge on any atom is -0.448 e. The number of rotatable bonds is 5. The lowest BCUT2D eigenvalue weighted by Crippen LogP contribution is -2.30. The largest absolute Gasteiger partial charge is 0.448 e. The van der Waals surface area contributed by atoms with Crippen LogP contribution < -0.4 is 5.32 Å². The summed E-state index contributed by atoms with van der Waals surface area (Å²) in [7, 11) is 0. The van der Waals surface area contributed by atoms with Crippen LogP contribution in [0.25, 0.3) is 11.1 Å². The SMILES string of the molecule is Cc1ccsc1C(=O)O[C@H](C)C(=O)Nc1ccccc1-c1ccccc1. The predicted molar refractivity (Wildman–Crippen MR) is 104 cm³/mol. The molecule has 1 aromatic heterocycles. The molecule has 0 bridgehead atoms. The maximum absolute atomic E-state index is 12.5. The Balaban J connectivity index is 1.72. The Morgan fingerprint density at radius 1 is 1.00 bits per heavy atom. The molecule has 1 amide bonds. The van der Waals surface area contributed by atoms with E-state index in [-0.39, 0.29) is 5.91 Å². The molecule has 0 radical (unpaired) electrons. The van der Waals surface area contributed by atoms with Crippen molar-refractivity contribution in [2.75, 3.05) is 5.32 Å². The second-order valence-electron chi connectivity index (χ2n) is 5.88. The molecular weight excluding hydrogens is 346 g/mol. The lowest BCUT2D eigenvalue weighted by molar-refractivity contribution is -0.123. The van der Waals surface area contributed by atoms with Crippen LogP contribution in [0.1, 0.15) is 22.2 Å². The topological polar surface area (TPSA) is 55.4 Å². The van der Waals surface area contributed by atoms with Crippen molar-refractivity contribution in [3.8, 4) is 11.1 Å². The molecular formula is C21H19NO3S. The van der Waals surface area contributed by atoms with Crippen molar-refractivity contribution >= 4 is 28.9 Å². The molecule has 3 rings (SSSR count). The first-order chi connectivity index (χ1) is 12.6. The number of anilines is 1. The highest BCUT2D eigenvalue weighted by atomic mass is 32.1. The maximum atomic E-state index is 12.5. The molecule has 0 aliphatic rings. The summed E-state index contributed by atoms with van der Waals surface area (Å²) in [6.07, 6.45) is -0.896. The summed E-state index contributed by atoms with van der Waals surface area (Å²) in [5, 5.41) is 4.69. The number of ether oxygens (including phenoxy) is 1. The molecule has 0 saturated heterocycles. The van der Waals surface area contributed by atoms with Gasteiger partial charge in [-0.3, -0.25) is 4.79 Å². The lowest BCUT2D eigenvalue weighted by atomic mass is 10.0. The summed E-state index contributed by atoms with van der Waals surface area (Å²) in [6.45, 7) is 3.41. The van der Waals surface area contributed by atoms with Crippen molar-refractivity contribution in [2.45, 2.75) is 20.0 Å². The Morgan fingerprint density at radius 3 is 2.38 bits per heavy atom. The summed E-state index contributed by atoms with van der Waals surface area (Å²) < 4.78 is 5.31. The number of esters is 1. The van der Waals surface area contributed by atoms with E-state index in [4.69, 9.17) is 4.74 Å². The number of para-hydroxylation sites is 1. The highest BCUT2D eigenvalue weighted by Gasteiger charge is 2.21. The van der Waals surface area contributed by atoms with Crippen molar-refractivity contribution in [3.63, 3.8) is 0 Å². The van der Waals surface area contributed by atoms with E-state index in [0.717, 1.165) is 16.7 Å². The highest BCUT2D eigenvalue weighted by molar-refractivity contribution is 7.12. The number of carbonyl (C=O) groups is 2. The van der Waals surface area contributed by atoms with E-state index in [2.05, 4.69) is 5.32 Å². The van der Waals surface area contributed by atoms with Gasteiger partial charge in [-0.25, -0.2) is 4.79 Å². The van der Waals surface area contributed by atoms with Crippen LogP contribution in [0.5, 0.6) is 0 Å². The zero-order valence-electron chi connectivity index (χ0n) is 14.6. The normalized spacial score (nSPS) is 11.6. The smallest absolute Gasteiger partial charge is 0.349 e. The van der Waals surface area contributed by atoms with Crippen LogP contribution in [-0.4, -0.2) is 18.0 Å². The van der Waals surface area contributed by atoms with Crippen LogP contribution >= 0.6 is 11.3 Å². The van der Waals surface area contributed by atoms with Gasteiger partial charge < -0.3 is 10.1 Å². The average molecular weight is 365 g/mol. The molecule has 2 aromatic carbocycles. The van der Waals surface area contributed by atoms with E-state index < -0.39 is 12.1 Å². The van der Waals surface area contributed by atoms with E-state index in [9.17, 15) is 9.59 Å². The average Bonchev–Trinajstić information content (AvgIpc) is 3.09. The van der Waals surface area contributed by atoms with Crippen LogP contribution in [-0.2, 0) is 9.53 Å². The Labute approximate surface area is 156 Å². The fourth-order valence-electron chi connectivity index (χ4n) is 2.55. The van der Waals surface area contributed by atoms with Gasteiger partial charge in [0.2, 0.25) is 0 Å². The molecule has 0 aliphatic carbocycles. The minimum absolute atomic E-state index is 0.365. The first kappa shape index (κ1) is 17.9. The Kier molecular flexibility index (Phi) is 5.49. The van der Waals surface area contributed by atoms with Gasteiger partial charge in [0.1, 0.15) is 4.88 Å². The number of hydrogen-bond acceptors (Lipinski definition) is 4. The molecule has 0 spiro atoms. The third-order valence-corrected chi connectivity index (χ3v) is 4.97. The minimum atomic E-state index is -0.896. The Bertz CT molecular complexity index is 918. The molecule has 26 heavy (non-hydrogen) atoms. The number of amides is 1. The molecule has 1 atom stereocenters. The van der Waals surface area contributed by atoms with Crippen molar-refractivity contribution in [3.05, 3.63) is 76.5 Å². The van der Waals surface area contributed by atoms with Gasteiger partial charge in [-0.2, -0.15) is 0 Å². The van der Waals surface area contributed by atoms with E-state index in [0.29, 0.717) is 10.6 Å². The van der Waals surface area contributed by atoms with Crippen LogP contribution in [0.3, 0.4) is 0 Å². The van der Waals surface area contributed by atoms with Crippen LogP contribution in [0.15, 0.2) is 66.0 Å². The number of hydrogen-bond donors (Lipinski definition) is 1. The molecule has 1 N–H and O–H groups in total. The summed E-state index contributed by atoms with van der Waals surface area (Å²) in [5.74, 6) is -0.840. The third kappa shape index (κ3) is 4.00. The first-order valence-corrected chi connectivity index (χ1v) is 9.14. The zero-order chi connectivity index (χ0) is 18.5. The van der Waals surface area contributed by atoms with E-state index in [1.54, 1.807) is 6.92 Å². The molecule has 0 saturated carbocycles. The monoisotopic (exact) mass is 365 g/mol. The molecule has 0 aliphatic heterocycles. The van der Waals surface area contributed by atoms with E-state index in [1.807, 2.05) is 73.0 Å². The molecule has 3 aromatic rings. The second kappa shape index (κ2) is 7.97. The van der Waals surface area contributed by atoms with Gasteiger partial charge in [0, 0.05) is 11.3 Å². The molecule has 0 fully saturated rings. The first-order valence-electron chi connectivity index (χ1n) is 8.26. The number of nitrogens with one attached hydrogen (secondary N) is 1. The summed E-state index contributed by atoms with van der Waals surface area (Å²) in [4.78, 5) is 25.2. The summed E-state index contributed by atoms with van der Waals surface area (Å²) in [5.41, 5.74) is 3.44. The quantitative estimate of drug-likeness (QED) is 0.654. The summed E-state index contributed by atoms with van der Waals surface area (Å²) >= 11 is 1.31. The van der Waals surface area contributed by atoms with Crippen LogP contribution in [0.2, 0.25) is 0 Å². The van der Waals surface area contributed by atoms with Gasteiger partial charge in [-0.15, -0.1) is 11.3 Å². The molecule has 5 heteroatoms. The van der Waals surface area contributed by atoms with E-state index >= 15 is 0 Å². The molecule has 1 heterocycles. The van der Waals surface area contributed by atoms with E-state index in [1.165, 1.54) is 11.3 Å². The number of thiophene rings is 1. The Morgan fingerprint density at radius 2 is 1.69 bits per heavy atom. The highest BCUT2D eigenvalue weighted by Crippen LogP contribution is 2.27. The number of aryl methyl sites for hydroxylation is 1. The number of carbonyl (C=O) groups excluding carboxylic acids is 2. The van der Waals surface area contributed by atoms with Gasteiger partial charge in [0.15, 0.2) is 6.10 Å². The van der Waals surface area contributed by atoms with Gasteiger partial charge in [-0.1, -0.05) is 48.5 Å². The van der Waals surface area contributed by atoms with Gasteiger partial charge >= 0.3 is 5.97 Å². The summed E-state index contributed by atoms with van der Waals surface area (Å²) in [6, 6.07) is 19.2. The van der Waals surface area contributed by atoms with Crippen LogP contribution in [0, 0.1) is 6.92 Å². The predicted octanol–water partition coefficient (Wildman–Crippen LogP) is 4.91. The van der Waals surface area contributed by atoms with Gasteiger partial charge in [-0.05, 0) is 42.5 Å². The zero-order valence-corrected chi connectivity index (χ0v) is 15.4. The van der Waals surface area contributed by atoms with Crippen molar-refractivity contribution < 1.29 is 14.3 Å². The Hall–Kier alpha value is -2.92. The van der Waals surface area contributed by atoms with Crippen LogP contribution in [0.4, 0.5) is 5.69 Å². The third-order valence-electron chi connectivity index (χ3n) is 3.97.